The summed E-state index contributed by atoms with van der Waals surface area (Å²) < 4.78 is 25.1. The number of ether oxygens (including phenoxy) is 3. The number of methoxy groups -OCH3 is 1. The molecule has 4 atom stereocenters. The van der Waals surface area contributed by atoms with Gasteiger partial charge in [0, 0.05) is 18.4 Å². The van der Waals surface area contributed by atoms with Gasteiger partial charge >= 0.3 is 5.97 Å². The molecule has 3 aliphatic rings. The minimum absolute atomic E-state index is 0.251. The standard InChI is InChI=1S/C30H45NO7Si/c1-17(2)39(18(3)4,19(5)6)38-25-14-21-22(15-24(25)35-8)29(32)31-16-20(7)13-23(31)28(27(21)30(33)34)37-26-11-9-10-12-36-26/h14-19,23,26-28H,9-13H2,1-8H3,(H,33,34)/t23-,26?,27?,28?/m0/s1. The van der Waals surface area contributed by atoms with E-state index in [1.54, 1.807) is 24.1 Å². The summed E-state index contributed by atoms with van der Waals surface area (Å²) in [5.41, 5.74) is 2.63. The molecule has 0 aromatic heterocycles. The summed E-state index contributed by atoms with van der Waals surface area (Å²) in [6.45, 7) is 15.7. The zero-order valence-corrected chi connectivity index (χ0v) is 25.7. The van der Waals surface area contributed by atoms with E-state index in [1.165, 1.54) is 0 Å². The highest BCUT2D eigenvalue weighted by molar-refractivity contribution is 6.78. The Morgan fingerprint density at radius 1 is 1.08 bits per heavy atom. The van der Waals surface area contributed by atoms with Crippen LogP contribution in [0.4, 0.5) is 0 Å². The fraction of sp³-hybridized carbons (Fsp3) is 0.667. The second-order valence-electron chi connectivity index (χ2n) is 12.2. The number of hydrogen-bond acceptors (Lipinski definition) is 6. The highest BCUT2D eigenvalue weighted by Crippen LogP contribution is 2.48. The Kier molecular flexibility index (Phi) is 8.83. The fourth-order valence-electron chi connectivity index (χ4n) is 7.07. The number of hydrogen-bond donors (Lipinski definition) is 1. The van der Waals surface area contributed by atoms with E-state index >= 15 is 0 Å². The molecule has 3 aliphatic heterocycles. The molecule has 0 bridgehead atoms. The van der Waals surface area contributed by atoms with Crippen LogP contribution in [0.25, 0.3) is 0 Å². The maximum Gasteiger partial charge on any atom is 0.313 e. The van der Waals surface area contributed by atoms with Crippen LogP contribution in [0.2, 0.25) is 16.6 Å². The summed E-state index contributed by atoms with van der Waals surface area (Å²) in [7, 11) is -0.849. The molecular formula is C30H45NO7Si. The van der Waals surface area contributed by atoms with E-state index in [0.717, 1.165) is 18.4 Å². The number of aliphatic carboxylic acids is 1. The molecule has 1 saturated heterocycles. The lowest BCUT2D eigenvalue weighted by molar-refractivity contribution is -0.203. The van der Waals surface area contributed by atoms with Crippen LogP contribution >= 0.6 is 0 Å². The molecule has 4 rings (SSSR count). The van der Waals surface area contributed by atoms with Gasteiger partial charge in [0.2, 0.25) is 0 Å². The van der Waals surface area contributed by atoms with Gasteiger partial charge in [-0.2, -0.15) is 0 Å². The number of carboxylic acids is 1. The van der Waals surface area contributed by atoms with Crippen LogP contribution in [-0.2, 0) is 14.3 Å². The number of nitrogens with zero attached hydrogens (tertiary/aromatic N) is 1. The topological polar surface area (TPSA) is 94.5 Å². The third-order valence-corrected chi connectivity index (χ3v) is 14.8. The van der Waals surface area contributed by atoms with E-state index in [9.17, 15) is 14.7 Å². The van der Waals surface area contributed by atoms with Crippen molar-refractivity contribution in [2.24, 2.45) is 0 Å². The second-order valence-corrected chi connectivity index (χ2v) is 17.6. The van der Waals surface area contributed by atoms with Gasteiger partial charge in [0.15, 0.2) is 12.0 Å². The quantitative estimate of drug-likeness (QED) is 0.347. The lowest BCUT2D eigenvalue weighted by Gasteiger charge is -2.42. The lowest BCUT2D eigenvalue weighted by atomic mass is 9.86. The first-order valence-electron chi connectivity index (χ1n) is 14.3. The Morgan fingerprint density at radius 2 is 1.74 bits per heavy atom. The van der Waals surface area contributed by atoms with Crippen LogP contribution < -0.4 is 9.16 Å². The molecule has 8 nitrogen and oxygen atoms in total. The Balaban J connectivity index is 1.89. The predicted octanol–water partition coefficient (Wildman–Crippen LogP) is 6.46. The molecule has 0 saturated carbocycles. The largest absolute Gasteiger partial charge is 0.540 e. The normalized spacial score (nSPS) is 25.5. The SMILES string of the molecule is COc1cc2c(cc1O[Si](C(C)C)(C(C)C)C(C)C)C(C(=O)O)C(OC1CCCCO1)[C@@H]1CC(C)=CN1C2=O. The molecular weight excluding hydrogens is 514 g/mol. The van der Waals surface area contributed by atoms with E-state index in [1.807, 2.05) is 13.1 Å². The lowest BCUT2D eigenvalue weighted by Crippen LogP contribution is -2.50. The molecule has 1 aromatic rings. The van der Waals surface area contributed by atoms with Crippen LogP contribution in [0.3, 0.4) is 0 Å². The summed E-state index contributed by atoms with van der Waals surface area (Å²) >= 11 is 0. The molecule has 1 N–H and O–H groups in total. The maximum atomic E-state index is 14.0. The first kappa shape index (κ1) is 29.6. The molecule has 1 fully saturated rings. The Hall–Kier alpha value is -2.36. The zero-order chi connectivity index (χ0) is 28.6. The fourth-order valence-corrected chi connectivity index (χ4v) is 12.3. The highest BCUT2D eigenvalue weighted by Gasteiger charge is 2.50. The van der Waals surface area contributed by atoms with E-state index in [2.05, 4.69) is 41.5 Å². The molecule has 1 amide bonds. The minimum atomic E-state index is -2.41. The van der Waals surface area contributed by atoms with Crippen LogP contribution in [0.15, 0.2) is 23.9 Å². The summed E-state index contributed by atoms with van der Waals surface area (Å²) in [5, 5.41) is 10.7. The van der Waals surface area contributed by atoms with Gasteiger partial charge in [-0.3, -0.25) is 9.59 Å². The van der Waals surface area contributed by atoms with Crippen molar-refractivity contribution >= 4 is 20.2 Å². The van der Waals surface area contributed by atoms with Crippen molar-refractivity contribution in [1.29, 1.82) is 0 Å². The van der Waals surface area contributed by atoms with Crippen LogP contribution in [0.1, 0.15) is 96.0 Å². The molecule has 3 unspecified atom stereocenters. The maximum absolute atomic E-state index is 14.0. The summed E-state index contributed by atoms with van der Waals surface area (Å²) in [5.74, 6) is -1.42. The molecule has 0 spiro atoms. The van der Waals surface area contributed by atoms with E-state index < -0.39 is 38.6 Å². The van der Waals surface area contributed by atoms with Gasteiger partial charge < -0.3 is 28.6 Å². The van der Waals surface area contributed by atoms with Gasteiger partial charge in [0.1, 0.15) is 11.7 Å². The van der Waals surface area contributed by atoms with Gasteiger partial charge in [-0.1, -0.05) is 47.1 Å². The molecule has 3 heterocycles. The third kappa shape index (κ3) is 5.37. The number of amides is 1. The smallest absolute Gasteiger partial charge is 0.313 e. The summed E-state index contributed by atoms with van der Waals surface area (Å²) in [6.07, 6.45) is 3.70. The zero-order valence-electron chi connectivity index (χ0n) is 24.7. The molecule has 0 radical (unpaired) electrons. The third-order valence-electron chi connectivity index (χ3n) is 8.80. The van der Waals surface area contributed by atoms with Crippen molar-refractivity contribution in [2.45, 2.75) is 115 Å². The molecule has 9 heteroatoms. The average Bonchev–Trinajstić information content (AvgIpc) is 3.24. The van der Waals surface area contributed by atoms with Crippen LogP contribution in [0, 0.1) is 0 Å². The second kappa shape index (κ2) is 11.6. The van der Waals surface area contributed by atoms with Gasteiger partial charge in [0.25, 0.3) is 14.2 Å². The van der Waals surface area contributed by atoms with Crippen LogP contribution in [-0.4, -0.2) is 62.4 Å². The summed E-state index contributed by atoms with van der Waals surface area (Å²) in [6, 6.07) is 2.97. The minimum Gasteiger partial charge on any atom is -0.540 e. The van der Waals surface area contributed by atoms with Gasteiger partial charge in [-0.05, 0) is 66.9 Å². The Labute approximate surface area is 233 Å². The molecule has 0 aliphatic carbocycles. The van der Waals surface area contributed by atoms with Crippen molar-refractivity contribution in [3.8, 4) is 11.5 Å². The van der Waals surface area contributed by atoms with E-state index in [0.29, 0.717) is 58.7 Å². The predicted molar refractivity (Wildman–Crippen MR) is 152 cm³/mol. The van der Waals surface area contributed by atoms with Gasteiger partial charge in [-0.15, -0.1) is 0 Å². The molecule has 1 aromatic carbocycles. The number of fused-ring (bicyclic) bond motifs is 2. The van der Waals surface area contributed by atoms with Crippen LogP contribution in [0.5, 0.6) is 11.5 Å². The van der Waals surface area contributed by atoms with Crippen molar-refractivity contribution < 1.29 is 33.3 Å². The summed E-state index contributed by atoms with van der Waals surface area (Å²) in [4.78, 5) is 28.7. The number of rotatable bonds is 9. The molecule has 39 heavy (non-hydrogen) atoms. The van der Waals surface area contributed by atoms with Gasteiger partial charge in [0.05, 0.1) is 19.3 Å². The number of carbonyl (C=O) groups excluding carboxylic acids is 1. The van der Waals surface area contributed by atoms with E-state index in [4.69, 9.17) is 18.6 Å². The van der Waals surface area contributed by atoms with Crippen molar-refractivity contribution in [3.63, 3.8) is 0 Å². The van der Waals surface area contributed by atoms with Crippen molar-refractivity contribution in [3.05, 3.63) is 35.0 Å². The molecule has 216 valence electrons. The van der Waals surface area contributed by atoms with Crippen molar-refractivity contribution in [1.82, 2.24) is 4.90 Å². The van der Waals surface area contributed by atoms with Gasteiger partial charge in [-0.25, -0.2) is 0 Å². The first-order chi connectivity index (χ1) is 18.4. The van der Waals surface area contributed by atoms with Crippen molar-refractivity contribution in [2.75, 3.05) is 13.7 Å². The average molecular weight is 560 g/mol. The first-order valence-corrected chi connectivity index (χ1v) is 16.5. The highest BCUT2D eigenvalue weighted by atomic mass is 28.4. The van der Waals surface area contributed by atoms with E-state index in [-0.39, 0.29) is 5.91 Å². The Morgan fingerprint density at radius 3 is 2.28 bits per heavy atom. The monoisotopic (exact) mass is 559 g/mol. The number of carboxylic acid groups (broad SMARTS) is 1. The number of carbonyl (C=O) groups is 2. The number of benzene rings is 1. The Bertz CT molecular complexity index is 1090.